The van der Waals surface area contributed by atoms with Crippen LogP contribution in [-0.4, -0.2) is 34.1 Å². The molecule has 3 rings (SSSR count). The maximum absolute atomic E-state index is 5.84. The minimum absolute atomic E-state index is 0.423. The van der Waals surface area contributed by atoms with Crippen molar-refractivity contribution in [2.75, 3.05) is 19.6 Å². The zero-order valence-corrected chi connectivity index (χ0v) is 13.2. The van der Waals surface area contributed by atoms with Gasteiger partial charge in [-0.25, -0.2) is 4.98 Å². The Kier molecular flexibility index (Phi) is 4.27. The Morgan fingerprint density at radius 2 is 2.05 bits per heavy atom. The number of likely N-dealkylation sites (tertiary alicyclic amines) is 1. The highest BCUT2D eigenvalue weighted by molar-refractivity contribution is 5.77. The van der Waals surface area contributed by atoms with Crippen molar-refractivity contribution in [1.29, 1.82) is 0 Å². The van der Waals surface area contributed by atoms with E-state index in [1.807, 2.05) is 0 Å². The summed E-state index contributed by atoms with van der Waals surface area (Å²) in [5.41, 5.74) is 9.44. The van der Waals surface area contributed by atoms with Crippen LogP contribution in [0.3, 0.4) is 0 Å². The van der Waals surface area contributed by atoms with Gasteiger partial charge in [-0.15, -0.1) is 0 Å². The molecule has 1 unspecified atom stereocenters. The largest absolute Gasteiger partial charge is 0.329 e. The molecule has 0 saturated carbocycles. The number of aryl methyl sites for hydroxylation is 1. The van der Waals surface area contributed by atoms with Crippen LogP contribution in [0.25, 0.3) is 11.0 Å². The molecule has 0 bridgehead atoms. The quantitative estimate of drug-likeness (QED) is 0.919. The molecule has 2 N–H and O–H groups in total. The summed E-state index contributed by atoms with van der Waals surface area (Å²) < 4.78 is 2.33. The Morgan fingerprint density at radius 1 is 1.29 bits per heavy atom. The van der Waals surface area contributed by atoms with Crippen molar-refractivity contribution in [2.24, 2.45) is 5.73 Å². The second-order valence-corrected chi connectivity index (χ2v) is 6.07. The Hall–Kier alpha value is -1.39. The first-order chi connectivity index (χ1) is 10.2. The van der Waals surface area contributed by atoms with E-state index in [4.69, 9.17) is 10.7 Å². The van der Waals surface area contributed by atoms with Crippen LogP contribution in [0.2, 0.25) is 0 Å². The molecule has 1 atom stereocenters. The predicted molar refractivity (Wildman–Crippen MR) is 87.4 cm³/mol. The van der Waals surface area contributed by atoms with Gasteiger partial charge < -0.3 is 10.3 Å². The van der Waals surface area contributed by atoms with Crippen molar-refractivity contribution >= 4 is 11.0 Å². The van der Waals surface area contributed by atoms with Crippen molar-refractivity contribution in [3.05, 3.63) is 29.6 Å². The number of hydrogen-bond acceptors (Lipinski definition) is 3. The van der Waals surface area contributed by atoms with Gasteiger partial charge in [0.2, 0.25) is 0 Å². The van der Waals surface area contributed by atoms with E-state index in [-0.39, 0.29) is 0 Å². The van der Waals surface area contributed by atoms with Crippen molar-refractivity contribution in [3.63, 3.8) is 0 Å². The summed E-state index contributed by atoms with van der Waals surface area (Å²) in [5, 5.41) is 0. The lowest BCUT2D eigenvalue weighted by Gasteiger charge is -2.26. The van der Waals surface area contributed by atoms with Crippen LogP contribution in [-0.2, 0) is 6.54 Å². The van der Waals surface area contributed by atoms with Gasteiger partial charge in [-0.3, -0.25) is 4.90 Å². The molecule has 21 heavy (non-hydrogen) atoms. The number of aromatic nitrogens is 2. The molecular formula is C17H26N4. The van der Waals surface area contributed by atoms with E-state index in [1.54, 1.807) is 0 Å². The van der Waals surface area contributed by atoms with Crippen LogP contribution in [0.4, 0.5) is 0 Å². The summed E-state index contributed by atoms with van der Waals surface area (Å²) in [6.07, 6.45) is 3.73. The number of rotatable bonds is 5. The molecule has 0 spiro atoms. The summed E-state index contributed by atoms with van der Waals surface area (Å²) in [5.74, 6) is 1.20. The first-order valence-corrected chi connectivity index (χ1v) is 8.15. The molecule has 0 aliphatic carbocycles. The lowest BCUT2D eigenvalue weighted by atomic mass is 10.2. The highest BCUT2D eigenvalue weighted by atomic mass is 15.2. The molecule has 114 valence electrons. The van der Waals surface area contributed by atoms with Crippen LogP contribution in [0.15, 0.2) is 18.2 Å². The van der Waals surface area contributed by atoms with Crippen LogP contribution in [0.1, 0.15) is 43.6 Å². The predicted octanol–water partition coefficient (Wildman–Crippen LogP) is 2.85. The van der Waals surface area contributed by atoms with E-state index in [1.165, 1.54) is 42.8 Å². The Morgan fingerprint density at radius 3 is 2.71 bits per heavy atom. The van der Waals surface area contributed by atoms with Gasteiger partial charge in [0.1, 0.15) is 5.82 Å². The zero-order valence-electron chi connectivity index (χ0n) is 13.2. The Bertz CT molecular complexity index is 611. The van der Waals surface area contributed by atoms with E-state index >= 15 is 0 Å². The Labute approximate surface area is 126 Å². The fraction of sp³-hybridized carbons (Fsp3) is 0.588. The standard InChI is InChI=1S/C17H26N4/c1-3-15(20-9-4-5-10-20)17-19-14-12-13(2)6-7-16(14)21(17)11-8-18/h6-7,12,15H,3-5,8-11,18H2,1-2H3. The van der Waals surface area contributed by atoms with Crippen molar-refractivity contribution in [2.45, 2.75) is 45.7 Å². The third-order valence-corrected chi connectivity index (χ3v) is 4.55. The maximum Gasteiger partial charge on any atom is 0.127 e. The molecule has 4 nitrogen and oxygen atoms in total. The molecular weight excluding hydrogens is 260 g/mol. The minimum atomic E-state index is 0.423. The van der Waals surface area contributed by atoms with Gasteiger partial charge in [-0.2, -0.15) is 0 Å². The maximum atomic E-state index is 5.84. The lowest BCUT2D eigenvalue weighted by molar-refractivity contribution is 0.225. The average molecular weight is 286 g/mol. The molecule has 1 fully saturated rings. The number of hydrogen-bond donors (Lipinski definition) is 1. The molecule has 1 saturated heterocycles. The van der Waals surface area contributed by atoms with Crippen molar-refractivity contribution < 1.29 is 0 Å². The summed E-state index contributed by atoms with van der Waals surface area (Å²) in [6, 6.07) is 6.96. The van der Waals surface area contributed by atoms with E-state index in [2.05, 4.69) is 41.5 Å². The van der Waals surface area contributed by atoms with E-state index < -0.39 is 0 Å². The van der Waals surface area contributed by atoms with Crippen LogP contribution in [0, 0.1) is 6.92 Å². The second kappa shape index (κ2) is 6.16. The molecule has 2 aromatic rings. The van der Waals surface area contributed by atoms with Gasteiger partial charge in [-0.05, 0) is 57.0 Å². The van der Waals surface area contributed by atoms with E-state index in [0.29, 0.717) is 12.6 Å². The summed E-state index contributed by atoms with van der Waals surface area (Å²) in [4.78, 5) is 7.56. The van der Waals surface area contributed by atoms with E-state index in [0.717, 1.165) is 18.5 Å². The topological polar surface area (TPSA) is 47.1 Å². The molecule has 0 radical (unpaired) electrons. The number of imidazole rings is 1. The SMILES string of the molecule is CCC(c1nc2cc(C)ccc2n1CCN)N1CCCC1. The monoisotopic (exact) mass is 286 g/mol. The molecule has 2 heterocycles. The van der Waals surface area contributed by atoms with Crippen LogP contribution >= 0.6 is 0 Å². The number of nitrogens with two attached hydrogens (primary N) is 1. The summed E-state index contributed by atoms with van der Waals surface area (Å²) in [7, 11) is 0. The van der Waals surface area contributed by atoms with Gasteiger partial charge in [0.25, 0.3) is 0 Å². The fourth-order valence-electron chi connectivity index (χ4n) is 3.53. The fourth-order valence-corrected chi connectivity index (χ4v) is 3.53. The molecule has 0 amide bonds. The van der Waals surface area contributed by atoms with Gasteiger partial charge in [-0.1, -0.05) is 13.0 Å². The molecule has 1 aliphatic rings. The third-order valence-electron chi connectivity index (χ3n) is 4.55. The van der Waals surface area contributed by atoms with Crippen LogP contribution < -0.4 is 5.73 Å². The summed E-state index contributed by atoms with van der Waals surface area (Å²) in [6.45, 7) is 8.29. The minimum Gasteiger partial charge on any atom is -0.329 e. The highest BCUT2D eigenvalue weighted by Crippen LogP contribution is 2.30. The normalized spacial score (nSPS) is 17.7. The lowest BCUT2D eigenvalue weighted by Crippen LogP contribution is -2.28. The van der Waals surface area contributed by atoms with Gasteiger partial charge in [0.15, 0.2) is 0 Å². The number of benzene rings is 1. The van der Waals surface area contributed by atoms with Crippen molar-refractivity contribution in [3.8, 4) is 0 Å². The summed E-state index contributed by atoms with van der Waals surface area (Å²) >= 11 is 0. The highest BCUT2D eigenvalue weighted by Gasteiger charge is 2.26. The second-order valence-electron chi connectivity index (χ2n) is 6.07. The third kappa shape index (κ3) is 2.70. The molecule has 4 heteroatoms. The molecule has 1 aliphatic heterocycles. The Balaban J connectivity index is 2.08. The first-order valence-electron chi connectivity index (χ1n) is 8.15. The smallest absolute Gasteiger partial charge is 0.127 e. The van der Waals surface area contributed by atoms with E-state index in [9.17, 15) is 0 Å². The number of fused-ring (bicyclic) bond motifs is 1. The number of nitrogens with zero attached hydrogens (tertiary/aromatic N) is 3. The first kappa shape index (κ1) is 14.5. The molecule has 1 aromatic heterocycles. The molecule has 1 aromatic carbocycles. The van der Waals surface area contributed by atoms with Gasteiger partial charge in [0.05, 0.1) is 17.1 Å². The van der Waals surface area contributed by atoms with Crippen LogP contribution in [0.5, 0.6) is 0 Å². The van der Waals surface area contributed by atoms with Gasteiger partial charge in [0, 0.05) is 13.1 Å². The van der Waals surface area contributed by atoms with Crippen molar-refractivity contribution in [1.82, 2.24) is 14.5 Å². The van der Waals surface area contributed by atoms with Gasteiger partial charge >= 0.3 is 0 Å². The average Bonchev–Trinajstić information content (AvgIpc) is 3.10. The zero-order chi connectivity index (χ0) is 14.8.